The smallest absolute Gasteiger partial charge is 0.289 e. The molecule has 1 saturated heterocycles. The molecule has 0 radical (unpaired) electrons. The highest BCUT2D eigenvalue weighted by molar-refractivity contribution is 6.30. The summed E-state index contributed by atoms with van der Waals surface area (Å²) in [5, 5.41) is 0.654. The van der Waals surface area contributed by atoms with Crippen LogP contribution in [0.3, 0.4) is 0 Å². The highest BCUT2D eigenvalue weighted by Gasteiger charge is 2.22. The van der Waals surface area contributed by atoms with Gasteiger partial charge in [0.05, 0.1) is 0 Å². The molecule has 3 rings (SSSR count). The largest absolute Gasteiger partial charge is 0.451 e. The molecule has 2 aromatic rings. The lowest BCUT2D eigenvalue weighted by atomic mass is 10.2. The third kappa shape index (κ3) is 2.51. The Morgan fingerprint density at radius 1 is 1.16 bits per heavy atom. The van der Waals surface area contributed by atoms with Crippen LogP contribution >= 0.6 is 11.6 Å². The zero-order valence-electron chi connectivity index (χ0n) is 10.4. The summed E-state index contributed by atoms with van der Waals surface area (Å²) >= 11 is 5.95. The van der Waals surface area contributed by atoms with Gasteiger partial charge in [-0.05, 0) is 37.1 Å². The third-order valence-electron chi connectivity index (χ3n) is 3.32. The molecular formula is C15H14ClNO2. The van der Waals surface area contributed by atoms with Crippen LogP contribution in [0.15, 0.2) is 40.8 Å². The lowest BCUT2D eigenvalue weighted by Crippen LogP contribution is -2.27. The van der Waals surface area contributed by atoms with E-state index in [1.807, 2.05) is 35.2 Å². The fourth-order valence-electron chi connectivity index (χ4n) is 2.33. The molecule has 19 heavy (non-hydrogen) atoms. The van der Waals surface area contributed by atoms with Gasteiger partial charge in [0, 0.05) is 23.7 Å². The Bertz CT molecular complexity index is 600. The standard InChI is InChI=1S/C15H14ClNO2/c16-12-5-3-4-11(10-12)13-6-7-14(19-13)15(18)17-8-1-2-9-17/h3-7,10H,1-2,8-9H2. The molecule has 0 unspecified atom stereocenters. The monoisotopic (exact) mass is 275 g/mol. The molecule has 0 spiro atoms. The van der Waals surface area contributed by atoms with Crippen LogP contribution in [-0.2, 0) is 0 Å². The van der Waals surface area contributed by atoms with Crippen molar-refractivity contribution in [3.63, 3.8) is 0 Å². The molecule has 1 fully saturated rings. The van der Waals surface area contributed by atoms with Crippen LogP contribution in [0.1, 0.15) is 23.4 Å². The van der Waals surface area contributed by atoms with Crippen molar-refractivity contribution in [2.75, 3.05) is 13.1 Å². The maximum atomic E-state index is 12.2. The Hall–Kier alpha value is -1.74. The Balaban J connectivity index is 1.85. The number of carbonyl (C=O) groups excluding carboxylic acids is 1. The van der Waals surface area contributed by atoms with E-state index in [1.54, 1.807) is 6.07 Å². The average molecular weight is 276 g/mol. The van der Waals surface area contributed by atoms with Crippen molar-refractivity contribution in [1.29, 1.82) is 0 Å². The van der Waals surface area contributed by atoms with Crippen molar-refractivity contribution in [3.05, 3.63) is 47.2 Å². The number of furan rings is 1. The van der Waals surface area contributed by atoms with E-state index in [-0.39, 0.29) is 5.91 Å². The van der Waals surface area contributed by atoms with E-state index < -0.39 is 0 Å². The van der Waals surface area contributed by atoms with Crippen molar-refractivity contribution in [2.45, 2.75) is 12.8 Å². The summed E-state index contributed by atoms with van der Waals surface area (Å²) in [5.74, 6) is 1.05. The molecular weight excluding hydrogens is 262 g/mol. The lowest BCUT2D eigenvalue weighted by molar-refractivity contribution is 0.0762. The number of amides is 1. The summed E-state index contributed by atoms with van der Waals surface area (Å²) in [6.07, 6.45) is 2.15. The molecule has 3 nitrogen and oxygen atoms in total. The van der Waals surface area contributed by atoms with E-state index in [4.69, 9.17) is 16.0 Å². The Morgan fingerprint density at radius 3 is 2.68 bits per heavy atom. The molecule has 0 saturated carbocycles. The fourth-order valence-corrected chi connectivity index (χ4v) is 2.52. The van der Waals surface area contributed by atoms with Crippen molar-refractivity contribution in [2.24, 2.45) is 0 Å². The molecule has 1 aromatic carbocycles. The molecule has 1 aliphatic heterocycles. The molecule has 2 heterocycles. The number of hydrogen-bond acceptors (Lipinski definition) is 2. The number of likely N-dealkylation sites (tertiary alicyclic amines) is 1. The normalized spacial score (nSPS) is 14.9. The molecule has 1 amide bonds. The van der Waals surface area contributed by atoms with Crippen LogP contribution in [0.2, 0.25) is 5.02 Å². The number of rotatable bonds is 2. The van der Waals surface area contributed by atoms with Gasteiger partial charge in [-0.1, -0.05) is 23.7 Å². The average Bonchev–Trinajstić information content (AvgIpc) is 3.10. The predicted octanol–water partition coefficient (Wildman–Crippen LogP) is 3.84. The highest BCUT2D eigenvalue weighted by Crippen LogP contribution is 2.25. The molecule has 0 aliphatic carbocycles. The van der Waals surface area contributed by atoms with Gasteiger partial charge in [-0.25, -0.2) is 0 Å². The highest BCUT2D eigenvalue weighted by atomic mass is 35.5. The van der Waals surface area contributed by atoms with E-state index >= 15 is 0 Å². The minimum absolute atomic E-state index is 0.0224. The number of halogens is 1. The molecule has 4 heteroatoms. The second-order valence-corrected chi connectivity index (χ2v) is 5.11. The maximum Gasteiger partial charge on any atom is 0.289 e. The zero-order chi connectivity index (χ0) is 13.2. The minimum Gasteiger partial charge on any atom is -0.451 e. The zero-order valence-corrected chi connectivity index (χ0v) is 11.2. The van der Waals surface area contributed by atoms with E-state index in [0.717, 1.165) is 31.5 Å². The van der Waals surface area contributed by atoms with Crippen molar-refractivity contribution < 1.29 is 9.21 Å². The first-order valence-electron chi connectivity index (χ1n) is 6.39. The second-order valence-electron chi connectivity index (χ2n) is 4.67. The van der Waals surface area contributed by atoms with Gasteiger partial charge in [0.25, 0.3) is 5.91 Å². The van der Waals surface area contributed by atoms with Crippen molar-refractivity contribution in [3.8, 4) is 11.3 Å². The topological polar surface area (TPSA) is 33.5 Å². The van der Waals surface area contributed by atoms with E-state index in [9.17, 15) is 4.79 Å². The van der Waals surface area contributed by atoms with Gasteiger partial charge in [-0.15, -0.1) is 0 Å². The van der Waals surface area contributed by atoms with Crippen molar-refractivity contribution >= 4 is 17.5 Å². The third-order valence-corrected chi connectivity index (χ3v) is 3.55. The van der Waals surface area contributed by atoms with Gasteiger partial charge >= 0.3 is 0 Å². The van der Waals surface area contributed by atoms with Crippen LogP contribution in [0.5, 0.6) is 0 Å². The predicted molar refractivity (Wildman–Crippen MR) is 74.3 cm³/mol. The fraction of sp³-hybridized carbons (Fsp3) is 0.267. The maximum absolute atomic E-state index is 12.2. The van der Waals surface area contributed by atoms with Crippen molar-refractivity contribution in [1.82, 2.24) is 4.90 Å². The quantitative estimate of drug-likeness (QED) is 0.834. The summed E-state index contributed by atoms with van der Waals surface area (Å²) in [6.45, 7) is 1.65. The van der Waals surface area contributed by atoms with E-state index in [2.05, 4.69) is 0 Å². The first kappa shape index (κ1) is 12.3. The van der Waals surface area contributed by atoms with Crippen LogP contribution in [0, 0.1) is 0 Å². The minimum atomic E-state index is -0.0224. The molecule has 0 atom stereocenters. The van der Waals surface area contributed by atoms with Crippen LogP contribution in [0.4, 0.5) is 0 Å². The van der Waals surface area contributed by atoms with Gasteiger partial charge in [0.2, 0.25) is 0 Å². The summed E-state index contributed by atoms with van der Waals surface area (Å²) in [4.78, 5) is 14.0. The number of nitrogens with zero attached hydrogens (tertiary/aromatic N) is 1. The first-order valence-corrected chi connectivity index (χ1v) is 6.77. The first-order chi connectivity index (χ1) is 9.24. The second kappa shape index (κ2) is 5.10. The molecule has 1 aliphatic rings. The van der Waals surface area contributed by atoms with E-state index in [0.29, 0.717) is 16.5 Å². The van der Waals surface area contributed by atoms with Gasteiger partial charge < -0.3 is 9.32 Å². The Labute approximate surface area is 116 Å². The SMILES string of the molecule is O=C(c1ccc(-c2cccc(Cl)c2)o1)N1CCCC1. The summed E-state index contributed by atoms with van der Waals surface area (Å²) < 4.78 is 5.65. The Kier molecular flexibility index (Phi) is 3.30. The summed E-state index contributed by atoms with van der Waals surface area (Å²) in [7, 11) is 0. The number of benzene rings is 1. The molecule has 0 bridgehead atoms. The molecule has 0 N–H and O–H groups in total. The summed E-state index contributed by atoms with van der Waals surface area (Å²) in [6, 6.07) is 11.0. The number of carbonyl (C=O) groups is 1. The molecule has 98 valence electrons. The van der Waals surface area contributed by atoms with E-state index in [1.165, 1.54) is 0 Å². The van der Waals surface area contributed by atoms with Gasteiger partial charge in [-0.3, -0.25) is 4.79 Å². The summed E-state index contributed by atoms with van der Waals surface area (Å²) in [5.41, 5.74) is 0.882. The van der Waals surface area contributed by atoms with Crippen LogP contribution in [0.25, 0.3) is 11.3 Å². The van der Waals surface area contributed by atoms with Gasteiger partial charge in [0.1, 0.15) is 5.76 Å². The van der Waals surface area contributed by atoms with Gasteiger partial charge in [0.15, 0.2) is 5.76 Å². The molecule has 1 aromatic heterocycles. The lowest BCUT2D eigenvalue weighted by Gasteiger charge is -2.12. The van der Waals surface area contributed by atoms with Crippen LogP contribution < -0.4 is 0 Å². The number of hydrogen-bond donors (Lipinski definition) is 0. The Morgan fingerprint density at radius 2 is 1.95 bits per heavy atom. The van der Waals surface area contributed by atoms with Crippen LogP contribution in [-0.4, -0.2) is 23.9 Å². The van der Waals surface area contributed by atoms with Gasteiger partial charge in [-0.2, -0.15) is 0 Å².